The van der Waals surface area contributed by atoms with Gasteiger partial charge in [0, 0.05) is 19.7 Å². The second-order valence-corrected chi connectivity index (χ2v) is 6.15. The first kappa shape index (κ1) is 20.0. The molecule has 0 bridgehead atoms. The number of thioether (sulfide) groups is 1. The van der Waals surface area contributed by atoms with Crippen molar-refractivity contribution in [2.24, 2.45) is 19.2 Å². The maximum absolute atomic E-state index is 12.0. The summed E-state index contributed by atoms with van der Waals surface area (Å²) < 4.78 is 7.34. The van der Waals surface area contributed by atoms with Gasteiger partial charge in [-0.15, -0.1) is 6.42 Å². The molecule has 0 saturated heterocycles. The molecule has 0 aliphatic carbocycles. The highest BCUT2D eigenvalue weighted by molar-refractivity contribution is 7.99. The average molecular weight is 387 g/mol. The highest BCUT2D eigenvalue weighted by Crippen LogP contribution is 2.15. The van der Waals surface area contributed by atoms with E-state index >= 15 is 0 Å². The number of hydrogen-bond acceptors (Lipinski definition) is 7. The largest absolute Gasteiger partial charge is 0.480 e. The van der Waals surface area contributed by atoms with Crippen molar-refractivity contribution in [2.45, 2.75) is 5.03 Å². The van der Waals surface area contributed by atoms with Crippen LogP contribution in [0.4, 0.5) is 0 Å². The lowest BCUT2D eigenvalue weighted by atomic mass is 10.2. The van der Waals surface area contributed by atoms with E-state index in [2.05, 4.69) is 21.5 Å². The normalized spacial score (nSPS) is 10.6. The topological polar surface area (TPSA) is 108 Å². The molecule has 1 aromatic heterocycles. The fourth-order valence-electron chi connectivity index (χ4n) is 1.94. The van der Waals surface area contributed by atoms with Crippen LogP contribution in [0.25, 0.3) is 0 Å². The van der Waals surface area contributed by atoms with Gasteiger partial charge in [-0.2, -0.15) is 10.2 Å². The van der Waals surface area contributed by atoms with E-state index in [1.54, 1.807) is 24.3 Å². The standard InChI is InChI=1S/C17H17N5O4S/c1-4-9-26-13-8-6-5-7-12(13)10-18-19-14(23)11-27-15-16(24)21(2)17(25)22(3)20-15/h1,5-8,10H,9,11H2,2-3H3,(H,19,23)/b18-10-. The van der Waals surface area contributed by atoms with Crippen LogP contribution in [0.5, 0.6) is 5.75 Å². The molecule has 0 fully saturated rings. The molecule has 1 N–H and O–H groups in total. The minimum atomic E-state index is -0.556. The van der Waals surface area contributed by atoms with Crippen LogP contribution in [0.3, 0.4) is 0 Å². The van der Waals surface area contributed by atoms with Crippen LogP contribution in [0.1, 0.15) is 5.56 Å². The summed E-state index contributed by atoms with van der Waals surface area (Å²) in [5.74, 6) is 2.39. The van der Waals surface area contributed by atoms with Gasteiger partial charge in [0.05, 0.1) is 12.0 Å². The molecule has 0 aliphatic rings. The number of hydrazone groups is 1. The zero-order valence-corrected chi connectivity index (χ0v) is 15.5. The molecular weight excluding hydrogens is 370 g/mol. The van der Waals surface area contributed by atoms with Gasteiger partial charge < -0.3 is 4.74 Å². The van der Waals surface area contributed by atoms with Crippen molar-refractivity contribution < 1.29 is 9.53 Å². The number of terminal acetylenes is 1. The number of carbonyl (C=O) groups is 1. The van der Waals surface area contributed by atoms with Crippen molar-refractivity contribution >= 4 is 23.9 Å². The molecule has 0 radical (unpaired) electrons. The van der Waals surface area contributed by atoms with E-state index in [0.29, 0.717) is 11.3 Å². The number of aryl methyl sites for hydroxylation is 1. The summed E-state index contributed by atoms with van der Waals surface area (Å²) in [5, 5.41) is 7.77. The van der Waals surface area contributed by atoms with Crippen molar-refractivity contribution in [3.8, 4) is 18.1 Å². The minimum absolute atomic E-state index is 0.0479. The lowest BCUT2D eigenvalue weighted by molar-refractivity contribution is -0.118. The maximum Gasteiger partial charge on any atom is 0.346 e. The number of ether oxygens (including phenoxy) is 1. The van der Waals surface area contributed by atoms with E-state index in [9.17, 15) is 14.4 Å². The molecule has 1 heterocycles. The molecule has 2 rings (SSSR count). The lowest BCUT2D eigenvalue weighted by Crippen LogP contribution is -2.39. The molecule has 10 heteroatoms. The van der Waals surface area contributed by atoms with Crippen LogP contribution in [-0.4, -0.2) is 38.8 Å². The lowest BCUT2D eigenvalue weighted by Gasteiger charge is -2.06. The van der Waals surface area contributed by atoms with Crippen molar-refractivity contribution in [1.82, 2.24) is 19.8 Å². The highest BCUT2D eigenvalue weighted by Gasteiger charge is 2.11. The molecule has 27 heavy (non-hydrogen) atoms. The van der Waals surface area contributed by atoms with E-state index in [0.717, 1.165) is 21.0 Å². The number of nitrogens with one attached hydrogen (secondary N) is 1. The third kappa shape index (κ3) is 5.32. The van der Waals surface area contributed by atoms with Gasteiger partial charge in [-0.1, -0.05) is 29.8 Å². The van der Waals surface area contributed by atoms with Crippen LogP contribution >= 0.6 is 11.8 Å². The molecule has 1 aromatic carbocycles. The Hall–Kier alpha value is -3.32. The summed E-state index contributed by atoms with van der Waals surface area (Å²) in [6.07, 6.45) is 6.60. The van der Waals surface area contributed by atoms with Crippen LogP contribution in [0.2, 0.25) is 0 Å². The van der Waals surface area contributed by atoms with Gasteiger partial charge in [0.2, 0.25) is 5.91 Å². The molecule has 0 atom stereocenters. The Kier molecular flexibility index (Phi) is 6.96. The molecular formula is C17H17N5O4S. The second-order valence-electron chi connectivity index (χ2n) is 5.19. The molecule has 2 aromatic rings. The summed E-state index contributed by atoms with van der Waals surface area (Å²) >= 11 is 0.916. The van der Waals surface area contributed by atoms with Gasteiger partial charge >= 0.3 is 5.69 Å². The van der Waals surface area contributed by atoms with E-state index in [1.807, 2.05) is 0 Å². The average Bonchev–Trinajstić information content (AvgIpc) is 2.67. The van der Waals surface area contributed by atoms with E-state index in [-0.39, 0.29) is 17.4 Å². The van der Waals surface area contributed by atoms with Crippen LogP contribution in [0, 0.1) is 12.3 Å². The van der Waals surface area contributed by atoms with Crippen molar-refractivity contribution in [3.05, 3.63) is 50.7 Å². The first-order valence-corrected chi connectivity index (χ1v) is 8.67. The third-order valence-electron chi connectivity index (χ3n) is 3.26. The summed E-state index contributed by atoms with van der Waals surface area (Å²) in [7, 11) is 2.77. The Balaban J connectivity index is 1.96. The summed E-state index contributed by atoms with van der Waals surface area (Å²) in [6, 6.07) is 7.08. The molecule has 0 spiro atoms. The van der Waals surface area contributed by atoms with Gasteiger partial charge in [-0.05, 0) is 12.1 Å². The predicted molar refractivity (Wildman–Crippen MR) is 102 cm³/mol. The van der Waals surface area contributed by atoms with Gasteiger partial charge in [0.25, 0.3) is 5.56 Å². The van der Waals surface area contributed by atoms with Gasteiger partial charge in [0.1, 0.15) is 12.4 Å². The monoisotopic (exact) mass is 387 g/mol. The highest BCUT2D eigenvalue weighted by atomic mass is 32.2. The Labute approximate surface area is 159 Å². The first-order valence-electron chi connectivity index (χ1n) is 7.68. The van der Waals surface area contributed by atoms with Gasteiger partial charge in [-0.25, -0.2) is 14.9 Å². The van der Waals surface area contributed by atoms with E-state index in [1.165, 1.54) is 20.3 Å². The molecule has 9 nitrogen and oxygen atoms in total. The number of para-hydroxylation sites is 1. The smallest absolute Gasteiger partial charge is 0.346 e. The fourth-order valence-corrected chi connectivity index (χ4v) is 2.71. The summed E-state index contributed by atoms with van der Waals surface area (Å²) in [6.45, 7) is 0.120. The third-order valence-corrected chi connectivity index (χ3v) is 4.19. The number of benzene rings is 1. The molecule has 0 saturated carbocycles. The summed E-state index contributed by atoms with van der Waals surface area (Å²) in [4.78, 5) is 35.4. The van der Waals surface area contributed by atoms with Crippen LogP contribution in [0.15, 0.2) is 44.0 Å². The van der Waals surface area contributed by atoms with Gasteiger partial charge in [-0.3, -0.25) is 14.2 Å². The molecule has 1 amide bonds. The second kappa shape index (κ2) is 9.40. The maximum atomic E-state index is 12.0. The Morgan fingerprint density at radius 1 is 1.41 bits per heavy atom. The Morgan fingerprint density at radius 2 is 2.15 bits per heavy atom. The Morgan fingerprint density at radius 3 is 2.89 bits per heavy atom. The van der Waals surface area contributed by atoms with Crippen LogP contribution in [-0.2, 0) is 18.9 Å². The van der Waals surface area contributed by atoms with E-state index in [4.69, 9.17) is 11.2 Å². The molecule has 0 aliphatic heterocycles. The van der Waals surface area contributed by atoms with Gasteiger partial charge in [0.15, 0.2) is 5.03 Å². The van der Waals surface area contributed by atoms with Crippen molar-refractivity contribution in [3.63, 3.8) is 0 Å². The summed E-state index contributed by atoms with van der Waals surface area (Å²) in [5.41, 5.74) is 1.91. The van der Waals surface area contributed by atoms with Crippen LogP contribution < -0.4 is 21.4 Å². The zero-order valence-electron chi connectivity index (χ0n) is 14.7. The number of rotatable bonds is 7. The number of carbonyl (C=O) groups excluding carboxylic acids is 1. The number of hydrogen-bond donors (Lipinski definition) is 1. The van der Waals surface area contributed by atoms with Crippen molar-refractivity contribution in [1.29, 1.82) is 0 Å². The number of amides is 1. The number of nitrogens with zero attached hydrogens (tertiary/aromatic N) is 4. The zero-order chi connectivity index (χ0) is 19.8. The quantitative estimate of drug-likeness (QED) is 0.303. The number of aromatic nitrogens is 3. The molecule has 0 unspecified atom stereocenters. The minimum Gasteiger partial charge on any atom is -0.480 e. The first-order chi connectivity index (χ1) is 12.9. The van der Waals surface area contributed by atoms with Crippen molar-refractivity contribution in [2.75, 3.05) is 12.4 Å². The Bertz CT molecular complexity index is 1020. The SMILES string of the molecule is C#CCOc1ccccc1/C=N\NC(=O)CSc1nn(C)c(=O)n(C)c1=O. The predicted octanol–water partition coefficient (Wildman–Crippen LogP) is -0.267. The fraction of sp³-hybridized carbons (Fsp3) is 0.235. The van der Waals surface area contributed by atoms with E-state index < -0.39 is 17.2 Å². The molecule has 140 valence electrons.